The Morgan fingerprint density at radius 1 is 0.767 bits per heavy atom. The number of nitrogens with one attached hydrogen (secondary N) is 2. The summed E-state index contributed by atoms with van der Waals surface area (Å²) in [5.41, 5.74) is -3.74. The summed E-state index contributed by atoms with van der Waals surface area (Å²) in [6.07, 6.45) is 3.17. The number of urea groups is 2. The topological polar surface area (TPSA) is 124 Å². The summed E-state index contributed by atoms with van der Waals surface area (Å²) in [6, 6.07) is -1.18. The summed E-state index contributed by atoms with van der Waals surface area (Å²) in [6.45, 7) is 3.87. The van der Waals surface area contributed by atoms with Crippen molar-refractivity contribution in [2.45, 2.75) is 50.9 Å². The number of rotatable bonds is 8. The molecule has 2 N–H and O–H groups in total. The lowest BCUT2D eigenvalue weighted by Crippen LogP contribution is -2.80. The second-order valence-electron chi connectivity index (χ2n) is 7.77. The molecule has 4 fully saturated rings. The zero-order valence-electron chi connectivity index (χ0n) is 17.3. The lowest BCUT2D eigenvalue weighted by atomic mass is 9.88. The highest BCUT2D eigenvalue weighted by Gasteiger charge is 2.87. The largest absolute Gasteiger partial charge is 0.352 e. The number of unbranched alkanes of at least 4 members (excludes halogenated alkanes) is 2. The lowest BCUT2D eigenvalue weighted by Gasteiger charge is -2.49. The molecule has 4 heterocycles. The first kappa shape index (κ1) is 20.7. The van der Waals surface area contributed by atoms with E-state index in [0.717, 1.165) is 25.7 Å². The average molecular weight is 424 g/mol. The third kappa shape index (κ3) is 2.34. The van der Waals surface area contributed by atoms with Crippen molar-refractivity contribution in [3.8, 4) is 0 Å². The summed E-state index contributed by atoms with van der Waals surface area (Å²) in [5, 5.41) is 5.67. The summed E-state index contributed by atoms with van der Waals surface area (Å²) in [5.74, 6) is -1.14. The first-order valence-electron chi connectivity index (χ1n) is 10.4. The van der Waals surface area contributed by atoms with Crippen LogP contribution in [0.25, 0.3) is 0 Å². The molecule has 0 spiro atoms. The van der Waals surface area contributed by atoms with Crippen LogP contribution in [0.3, 0.4) is 0 Å². The monoisotopic (exact) mass is 424 g/mol. The van der Waals surface area contributed by atoms with Gasteiger partial charge in [0.2, 0.25) is 0 Å². The lowest BCUT2D eigenvalue weighted by molar-refractivity contribution is -0.205. The molecule has 0 aliphatic carbocycles. The van der Waals surface area contributed by atoms with Crippen molar-refractivity contribution in [1.29, 1.82) is 0 Å². The summed E-state index contributed by atoms with van der Waals surface area (Å²) < 4.78 is 10.9. The van der Waals surface area contributed by atoms with Gasteiger partial charge in [0.15, 0.2) is 0 Å². The number of hydrogen-bond acceptors (Lipinski definition) is 6. The van der Waals surface area contributed by atoms with E-state index in [4.69, 9.17) is 9.47 Å². The Morgan fingerprint density at radius 3 is 1.40 bits per heavy atom. The fourth-order valence-electron chi connectivity index (χ4n) is 4.74. The Labute approximate surface area is 174 Å². The number of ether oxygens (including phenoxy) is 2. The van der Waals surface area contributed by atoms with Crippen LogP contribution in [0.15, 0.2) is 0 Å². The number of carbonyl (C=O) groups excluding carboxylic acids is 4. The van der Waals surface area contributed by atoms with Gasteiger partial charge in [-0.15, -0.1) is 0 Å². The molecule has 0 bridgehead atoms. The van der Waals surface area contributed by atoms with Crippen molar-refractivity contribution in [1.82, 2.24) is 30.2 Å². The van der Waals surface area contributed by atoms with E-state index in [1.165, 1.54) is 19.6 Å². The van der Waals surface area contributed by atoms with Gasteiger partial charge in [0.1, 0.15) is 26.9 Å². The zero-order chi connectivity index (χ0) is 21.5. The van der Waals surface area contributed by atoms with E-state index in [2.05, 4.69) is 10.6 Å². The fourth-order valence-corrected chi connectivity index (χ4v) is 4.74. The molecule has 4 saturated heterocycles. The molecule has 0 atom stereocenters. The molecule has 4 rings (SSSR count). The van der Waals surface area contributed by atoms with Gasteiger partial charge in [-0.05, 0) is 12.8 Å². The van der Waals surface area contributed by atoms with Gasteiger partial charge in [0.05, 0.1) is 0 Å². The van der Waals surface area contributed by atoms with Crippen molar-refractivity contribution < 1.29 is 28.7 Å². The molecular weight excluding hydrogens is 396 g/mol. The van der Waals surface area contributed by atoms with Gasteiger partial charge in [-0.2, -0.15) is 0 Å². The van der Waals surface area contributed by atoms with Crippen LogP contribution in [0.2, 0.25) is 0 Å². The Hall–Kier alpha value is -2.60. The Bertz CT molecular complexity index is 669. The van der Waals surface area contributed by atoms with Crippen LogP contribution in [0.4, 0.5) is 9.59 Å². The van der Waals surface area contributed by atoms with Gasteiger partial charge < -0.3 is 20.1 Å². The molecular formula is C18H28N6O6. The van der Waals surface area contributed by atoms with Crippen molar-refractivity contribution in [2.75, 3.05) is 40.0 Å². The maximum absolute atomic E-state index is 13.7. The van der Waals surface area contributed by atoms with Crippen LogP contribution in [-0.4, -0.2) is 94.8 Å². The Balaban J connectivity index is 1.86. The van der Waals surface area contributed by atoms with Gasteiger partial charge in [0, 0.05) is 13.1 Å². The van der Waals surface area contributed by atoms with E-state index in [9.17, 15) is 19.2 Å². The van der Waals surface area contributed by atoms with Crippen molar-refractivity contribution in [2.24, 2.45) is 0 Å². The van der Waals surface area contributed by atoms with Gasteiger partial charge >= 0.3 is 12.1 Å². The molecule has 0 aromatic rings. The predicted octanol–water partition coefficient (Wildman–Crippen LogP) is -0.423. The molecule has 12 heteroatoms. The first-order valence-corrected chi connectivity index (χ1v) is 10.4. The Morgan fingerprint density at radius 2 is 1.10 bits per heavy atom. The summed E-state index contributed by atoms with van der Waals surface area (Å²) >= 11 is 0. The molecule has 0 aromatic heterocycles. The van der Waals surface area contributed by atoms with Gasteiger partial charge in [-0.25, -0.2) is 9.59 Å². The molecule has 0 aromatic carbocycles. The average Bonchev–Trinajstić information content (AvgIpc) is 3.14. The second-order valence-corrected chi connectivity index (χ2v) is 7.77. The van der Waals surface area contributed by atoms with Crippen LogP contribution >= 0.6 is 0 Å². The smallest absolute Gasteiger partial charge is 0.328 e. The summed E-state index contributed by atoms with van der Waals surface area (Å²) in [4.78, 5) is 58.6. The van der Waals surface area contributed by atoms with E-state index in [-0.39, 0.29) is 26.9 Å². The van der Waals surface area contributed by atoms with E-state index < -0.39 is 35.2 Å². The molecule has 4 aliphatic rings. The minimum absolute atomic E-state index is 0.210. The van der Waals surface area contributed by atoms with Crippen LogP contribution < -0.4 is 10.6 Å². The van der Waals surface area contributed by atoms with Crippen LogP contribution in [0.5, 0.6) is 0 Å². The first-order chi connectivity index (χ1) is 14.5. The number of amides is 6. The molecule has 6 amide bonds. The molecule has 166 valence electrons. The number of nitrogens with zero attached hydrogens (tertiary/aromatic N) is 4. The standard InChI is InChI=1S/C18H28N6O6/c1-3-5-7-19-13(25)17-18(14(26)20-8-6-4-2)23-11-30-12-24(18)16(28)22(17)10-29-9-21(17)15(23)27/h3-12H2,1-2H3,(H,19,25)(H,20,26). The third-order valence-corrected chi connectivity index (χ3v) is 6.12. The molecule has 30 heavy (non-hydrogen) atoms. The molecule has 0 saturated carbocycles. The second kappa shape index (κ2) is 7.58. The number of hydrogen-bond donors (Lipinski definition) is 2. The van der Waals surface area contributed by atoms with Crippen LogP contribution in [0.1, 0.15) is 39.5 Å². The van der Waals surface area contributed by atoms with E-state index in [0.29, 0.717) is 13.1 Å². The van der Waals surface area contributed by atoms with E-state index in [1.807, 2.05) is 13.8 Å². The van der Waals surface area contributed by atoms with E-state index >= 15 is 0 Å². The van der Waals surface area contributed by atoms with Crippen molar-refractivity contribution >= 4 is 23.9 Å². The SMILES string of the molecule is CCCCNC(=O)C12N3COCN1C(=O)N1COCN(C3=O)C12C(=O)NCCCC. The maximum atomic E-state index is 13.7. The fraction of sp³-hybridized carbons (Fsp3) is 0.778. The highest BCUT2D eigenvalue weighted by Crippen LogP contribution is 2.54. The molecule has 0 unspecified atom stereocenters. The van der Waals surface area contributed by atoms with Gasteiger partial charge in [-0.1, -0.05) is 26.7 Å². The minimum Gasteiger partial charge on any atom is -0.352 e. The third-order valence-electron chi connectivity index (χ3n) is 6.12. The van der Waals surface area contributed by atoms with Crippen LogP contribution in [-0.2, 0) is 19.1 Å². The van der Waals surface area contributed by atoms with Crippen molar-refractivity contribution in [3.05, 3.63) is 0 Å². The number of carbonyl (C=O) groups is 4. The minimum atomic E-state index is -1.87. The van der Waals surface area contributed by atoms with Gasteiger partial charge in [0.25, 0.3) is 23.1 Å². The van der Waals surface area contributed by atoms with Crippen molar-refractivity contribution in [3.63, 3.8) is 0 Å². The maximum Gasteiger partial charge on any atom is 0.328 e. The van der Waals surface area contributed by atoms with Gasteiger partial charge in [-0.3, -0.25) is 29.2 Å². The molecule has 4 aliphatic heterocycles. The zero-order valence-corrected chi connectivity index (χ0v) is 17.3. The predicted molar refractivity (Wildman–Crippen MR) is 101 cm³/mol. The molecule has 0 radical (unpaired) electrons. The summed E-state index contributed by atoms with van der Waals surface area (Å²) in [7, 11) is 0. The molecule has 12 nitrogen and oxygen atoms in total. The highest BCUT2D eigenvalue weighted by molar-refractivity contribution is 6.12. The normalized spacial score (nSPS) is 29.4. The van der Waals surface area contributed by atoms with Crippen LogP contribution in [0, 0.1) is 0 Å². The highest BCUT2D eigenvalue weighted by atomic mass is 16.5. The Kier molecular flexibility index (Phi) is 5.22. The van der Waals surface area contributed by atoms with E-state index in [1.54, 1.807) is 0 Å². The quantitative estimate of drug-likeness (QED) is 0.510.